The minimum absolute atomic E-state index is 1.72. The lowest BCUT2D eigenvalue weighted by atomic mass is 9.59. The SMILES string of the molecule is O=C1C(F)(C(F)(F)F)C2(OC(F)(C(F)(F)F)C(F)(C(F)(F)F)O2)C(F)(C(F)(F)F)C2(OC(F)(C(F)(F)F)C(F)(C(F)(F)F)O2)C1(F)C(F)(F)F. The van der Waals surface area contributed by atoms with Crippen molar-refractivity contribution in [3.63, 3.8) is 0 Å². The van der Waals surface area contributed by atoms with Crippen LogP contribution in [-0.2, 0) is 23.7 Å². The minimum Gasteiger partial charge on any atom is -0.293 e. The Kier molecular flexibility index (Phi) is 8.02. The zero-order valence-electron chi connectivity index (χ0n) is 21.1. The molecule has 0 aromatic carbocycles. The first-order chi connectivity index (χ1) is 21.2. The van der Waals surface area contributed by atoms with E-state index >= 15 is 13.2 Å². The number of Topliss-reactive ketones (excluding diaryl/α,β-unsaturated/α-hetero) is 1. The van der Waals surface area contributed by atoms with Crippen LogP contribution in [0.15, 0.2) is 0 Å². The number of carbonyl (C=O) groups excluding carboxylic acids is 1. The Morgan fingerprint density at radius 1 is 0.320 bits per heavy atom. The molecule has 0 aromatic heterocycles. The summed E-state index contributed by atoms with van der Waals surface area (Å²) in [4.78, 5) is 12.4. The first-order valence-electron chi connectivity index (χ1n) is 10.9. The highest BCUT2D eigenvalue weighted by molar-refractivity contribution is 6.01. The van der Waals surface area contributed by atoms with Crippen LogP contribution in [0.1, 0.15) is 0 Å². The summed E-state index contributed by atoms with van der Waals surface area (Å²) >= 11 is 0. The number of ether oxygens (including phenoxy) is 4. The number of halogens is 28. The summed E-state index contributed by atoms with van der Waals surface area (Å²) in [5.41, 5.74) is -28.0. The molecule has 0 aromatic rings. The molecule has 0 bridgehead atoms. The summed E-state index contributed by atoms with van der Waals surface area (Å²) < 4.78 is 403. The van der Waals surface area contributed by atoms with E-state index in [1.165, 1.54) is 0 Å². The Bertz CT molecular complexity index is 1270. The minimum atomic E-state index is -9.74. The van der Waals surface area contributed by atoms with E-state index in [1.54, 1.807) is 18.9 Å². The lowest BCUT2D eigenvalue weighted by Gasteiger charge is -2.60. The summed E-state index contributed by atoms with van der Waals surface area (Å²) in [7, 11) is 0. The predicted molar refractivity (Wildman–Crippen MR) is 84.1 cm³/mol. The van der Waals surface area contributed by atoms with Gasteiger partial charge in [0.15, 0.2) is 0 Å². The molecule has 1 aliphatic carbocycles. The molecule has 3 aliphatic rings. The monoisotopic (exact) mass is 816 g/mol. The fourth-order valence-electron chi connectivity index (χ4n) is 4.85. The van der Waals surface area contributed by atoms with Crippen LogP contribution in [0, 0.1) is 0 Å². The molecule has 5 nitrogen and oxygen atoms in total. The van der Waals surface area contributed by atoms with Gasteiger partial charge >= 0.3 is 83.7 Å². The van der Waals surface area contributed by atoms with Gasteiger partial charge in [0.1, 0.15) is 0 Å². The third kappa shape index (κ3) is 3.99. The highest BCUT2D eigenvalue weighted by Gasteiger charge is 3.12. The van der Waals surface area contributed by atoms with Crippen LogP contribution in [0.25, 0.3) is 0 Å². The van der Waals surface area contributed by atoms with Crippen LogP contribution in [0.5, 0.6) is 0 Å². The first kappa shape index (κ1) is 42.0. The van der Waals surface area contributed by atoms with Gasteiger partial charge < -0.3 is 0 Å². The third-order valence-electron chi connectivity index (χ3n) is 7.03. The molecule has 50 heavy (non-hydrogen) atoms. The summed E-state index contributed by atoms with van der Waals surface area (Å²) in [6.07, 6.45) is -61.4. The second kappa shape index (κ2) is 9.55. The molecule has 1 saturated carbocycles. The average Bonchev–Trinajstić information content (AvgIpc) is 3.28. The standard InChI is InChI=1S/C17F28O5/c18-2(11(25,26)27)1(46)3(19,12(28,29)30)10(49-7(23,16(40,41)42)8(24,50-10)17(43,44)45)4(20,13(31,32)33)9(2)47-5(21,14(34,35)36)6(22,48-9)15(37,38)39. The van der Waals surface area contributed by atoms with Crippen molar-refractivity contribution < 1.29 is 147 Å². The molecule has 294 valence electrons. The molecule has 6 unspecified atom stereocenters. The van der Waals surface area contributed by atoms with Crippen molar-refractivity contribution in [1.82, 2.24) is 0 Å². The van der Waals surface area contributed by atoms with Gasteiger partial charge in [-0.25, -0.2) is 13.2 Å². The molecule has 0 amide bonds. The van der Waals surface area contributed by atoms with E-state index in [9.17, 15) is 115 Å². The Balaban J connectivity index is 2.92. The van der Waals surface area contributed by atoms with Gasteiger partial charge in [-0.05, 0) is 0 Å². The largest absolute Gasteiger partial charge is 0.455 e. The van der Waals surface area contributed by atoms with E-state index < -0.39 is 101 Å². The molecule has 3 fully saturated rings. The molecule has 0 N–H and O–H groups in total. The van der Waals surface area contributed by atoms with Gasteiger partial charge in [0, 0.05) is 0 Å². The molecule has 33 heteroatoms. The van der Waals surface area contributed by atoms with Gasteiger partial charge in [-0.15, -0.1) is 0 Å². The van der Waals surface area contributed by atoms with E-state index in [2.05, 4.69) is 0 Å². The molecule has 6 atom stereocenters. The number of carbonyl (C=O) groups is 1. The molecule has 2 saturated heterocycles. The van der Waals surface area contributed by atoms with Crippen molar-refractivity contribution in [1.29, 1.82) is 0 Å². The quantitative estimate of drug-likeness (QED) is 0.234. The maximum absolute atomic E-state index is 16.6. The van der Waals surface area contributed by atoms with Crippen LogP contribution in [-0.4, -0.2) is 101 Å². The normalized spacial score (nSPS) is 45.6. The van der Waals surface area contributed by atoms with Crippen molar-refractivity contribution >= 4 is 5.78 Å². The maximum Gasteiger partial charge on any atom is 0.455 e. The second-order valence-corrected chi connectivity index (χ2v) is 9.81. The smallest absolute Gasteiger partial charge is 0.293 e. The highest BCUT2D eigenvalue weighted by Crippen LogP contribution is 2.79. The molecule has 3 rings (SSSR count). The van der Waals surface area contributed by atoms with Crippen molar-refractivity contribution in [2.75, 3.05) is 0 Å². The molecule has 2 heterocycles. The van der Waals surface area contributed by atoms with Gasteiger partial charge in [0.25, 0.3) is 11.6 Å². The zero-order valence-corrected chi connectivity index (χ0v) is 21.1. The summed E-state index contributed by atoms with van der Waals surface area (Å²) in [5, 5.41) is 0. The Labute approximate surface area is 249 Å². The number of ketones is 1. The Morgan fingerprint density at radius 3 is 0.620 bits per heavy atom. The first-order valence-corrected chi connectivity index (χ1v) is 10.9. The second-order valence-electron chi connectivity index (χ2n) is 9.81. The van der Waals surface area contributed by atoms with Gasteiger partial charge in [-0.3, -0.25) is 23.7 Å². The summed E-state index contributed by atoms with van der Waals surface area (Å²) in [6, 6.07) is 0. The molecular formula is C17F28O5. The molecule has 2 aliphatic heterocycles. The van der Waals surface area contributed by atoms with E-state index in [0.29, 0.717) is 0 Å². The predicted octanol–water partition coefficient (Wildman–Crippen LogP) is 7.78. The van der Waals surface area contributed by atoms with Crippen molar-refractivity contribution in [2.24, 2.45) is 0 Å². The number of alkyl halides is 28. The van der Waals surface area contributed by atoms with Crippen LogP contribution >= 0.6 is 0 Å². The molecule has 2 spiro atoms. The van der Waals surface area contributed by atoms with Gasteiger partial charge in [-0.1, -0.05) is 0 Å². The topological polar surface area (TPSA) is 54.0 Å². The van der Waals surface area contributed by atoms with E-state index in [1.807, 2.05) is 0 Å². The van der Waals surface area contributed by atoms with Crippen LogP contribution in [0.4, 0.5) is 123 Å². The van der Waals surface area contributed by atoms with Gasteiger partial charge in [0.05, 0.1) is 0 Å². The van der Waals surface area contributed by atoms with Crippen molar-refractivity contribution in [2.45, 2.75) is 95.2 Å². The third-order valence-corrected chi connectivity index (χ3v) is 7.03. The summed E-state index contributed by atoms with van der Waals surface area (Å²) in [5.74, 6) is -59.2. The average molecular weight is 816 g/mol. The van der Waals surface area contributed by atoms with E-state index in [4.69, 9.17) is 0 Å². The van der Waals surface area contributed by atoms with Crippen molar-refractivity contribution in [3.8, 4) is 0 Å². The van der Waals surface area contributed by atoms with E-state index in [0.717, 1.165) is 0 Å². The maximum atomic E-state index is 16.6. The van der Waals surface area contributed by atoms with Crippen LogP contribution < -0.4 is 0 Å². The fourth-order valence-corrected chi connectivity index (χ4v) is 4.85. The number of hydrogen-bond donors (Lipinski definition) is 0. The Morgan fingerprint density at radius 2 is 0.500 bits per heavy atom. The Hall–Kier alpha value is -2.45. The number of rotatable bonds is 0. The lowest BCUT2D eigenvalue weighted by molar-refractivity contribution is -0.526. The molecular weight excluding hydrogens is 816 g/mol. The van der Waals surface area contributed by atoms with Gasteiger partial charge in [0.2, 0.25) is 5.78 Å². The van der Waals surface area contributed by atoms with E-state index in [-0.39, 0.29) is 0 Å². The highest BCUT2D eigenvalue weighted by atomic mass is 19.4. The fraction of sp³-hybridized carbons (Fsp3) is 0.941. The summed E-state index contributed by atoms with van der Waals surface area (Å²) in [6.45, 7) is 0. The molecule has 0 radical (unpaired) electrons. The zero-order chi connectivity index (χ0) is 40.4. The number of hydrogen-bond acceptors (Lipinski definition) is 5. The van der Waals surface area contributed by atoms with Crippen molar-refractivity contribution in [3.05, 3.63) is 0 Å². The van der Waals surface area contributed by atoms with Crippen LogP contribution in [0.3, 0.4) is 0 Å². The van der Waals surface area contributed by atoms with Crippen LogP contribution in [0.2, 0.25) is 0 Å². The van der Waals surface area contributed by atoms with Gasteiger partial charge in [-0.2, -0.15) is 110 Å². The lowest BCUT2D eigenvalue weighted by Crippen LogP contribution is -2.95.